The van der Waals surface area contributed by atoms with E-state index in [0.717, 1.165) is 62.1 Å². The molecule has 2 N–H and O–H groups in total. The highest BCUT2D eigenvalue weighted by molar-refractivity contribution is 5.91. The second kappa shape index (κ2) is 18.5. The third kappa shape index (κ3) is 9.62. The van der Waals surface area contributed by atoms with Gasteiger partial charge < -0.3 is 38.8 Å². The number of hydrogen-bond donors (Lipinski definition) is 2. The first kappa shape index (κ1) is 41.3. The number of fused-ring (bicyclic) bond motifs is 2. The van der Waals surface area contributed by atoms with E-state index in [1.165, 1.54) is 0 Å². The number of esters is 1. The summed E-state index contributed by atoms with van der Waals surface area (Å²) in [5, 5.41) is 3.04. The fraction of sp³-hybridized carbons (Fsp3) is 0.581. The smallest absolute Gasteiger partial charge is 0.417 e. The number of likely N-dealkylation sites (tertiary alicyclic amines) is 3. The van der Waals surface area contributed by atoms with E-state index in [2.05, 4.69) is 20.1 Å². The number of para-hydroxylation sites is 1. The first-order valence-corrected chi connectivity index (χ1v) is 21.5. The van der Waals surface area contributed by atoms with E-state index in [-0.39, 0.29) is 49.4 Å². The van der Waals surface area contributed by atoms with Crippen LogP contribution in [0.5, 0.6) is 0 Å². The number of hydrogen-bond acceptors (Lipinski definition) is 11. The zero-order chi connectivity index (χ0) is 41.8. The second-order valence-electron chi connectivity index (χ2n) is 16.7. The van der Waals surface area contributed by atoms with Crippen molar-refractivity contribution >= 4 is 46.7 Å². The number of ether oxygens (including phenoxy) is 2. The molecule has 8 rings (SSSR count). The van der Waals surface area contributed by atoms with Crippen LogP contribution in [0.25, 0.3) is 11.1 Å². The number of nitrogens with one attached hydrogen (secondary N) is 2. The maximum Gasteiger partial charge on any atom is 0.417 e. The molecule has 1 aromatic heterocycles. The minimum absolute atomic E-state index is 0.0323. The Labute approximate surface area is 348 Å². The minimum atomic E-state index is -1.10. The summed E-state index contributed by atoms with van der Waals surface area (Å²) >= 11 is 0. The van der Waals surface area contributed by atoms with Gasteiger partial charge in [0.25, 0.3) is 5.91 Å². The van der Waals surface area contributed by atoms with Crippen LogP contribution in [-0.2, 0) is 36.7 Å². The van der Waals surface area contributed by atoms with Crippen molar-refractivity contribution in [3.8, 4) is 0 Å². The number of aryl methyl sites for hydroxylation is 1. The van der Waals surface area contributed by atoms with Crippen molar-refractivity contribution in [2.24, 2.45) is 0 Å². The highest BCUT2D eigenvalue weighted by Gasteiger charge is 2.37. The molecular formula is C43H56N8O9. The Morgan fingerprint density at radius 2 is 1.60 bits per heavy atom. The number of carbonyl (C=O) groups excluding carboxylic acids is 5. The first-order chi connectivity index (χ1) is 29.1. The van der Waals surface area contributed by atoms with Gasteiger partial charge >= 0.3 is 23.8 Å². The summed E-state index contributed by atoms with van der Waals surface area (Å²) in [6.07, 6.45) is 3.59. The average Bonchev–Trinajstić information content (AvgIpc) is 3.80. The lowest BCUT2D eigenvalue weighted by Gasteiger charge is -2.43. The van der Waals surface area contributed by atoms with Crippen LogP contribution in [0.2, 0.25) is 0 Å². The summed E-state index contributed by atoms with van der Waals surface area (Å²) in [4.78, 5) is 91.8. The molecule has 0 aliphatic carbocycles. The van der Waals surface area contributed by atoms with Crippen LogP contribution in [-0.4, -0.2) is 168 Å². The molecule has 5 amide bonds. The fourth-order valence-corrected chi connectivity index (χ4v) is 9.49. The number of rotatable bonds is 11. The van der Waals surface area contributed by atoms with Gasteiger partial charge in [0.05, 0.1) is 18.6 Å². The molecule has 17 nitrogen and oxygen atoms in total. The van der Waals surface area contributed by atoms with E-state index in [1.807, 2.05) is 42.2 Å². The zero-order valence-electron chi connectivity index (χ0n) is 34.4. The van der Waals surface area contributed by atoms with E-state index >= 15 is 0 Å². The number of carbonyl (C=O) groups is 5. The summed E-state index contributed by atoms with van der Waals surface area (Å²) < 4.78 is 16.9. The Hall–Kier alpha value is -5.42. The predicted molar refractivity (Wildman–Crippen MR) is 220 cm³/mol. The zero-order valence-corrected chi connectivity index (χ0v) is 34.4. The van der Waals surface area contributed by atoms with Gasteiger partial charge in [0, 0.05) is 96.1 Å². The standard InChI is InChI=1S/C43H56N8O9/c1-29-25-30(26-35-39(29)45-42(56)59-35)27-36(60-43(57)50-16-11-33(12-17-50)51-18-8-31-5-2-3-6-34(31)44-41(51)55)40(54)49-21-19-47(20-22-49)32-9-14-46(15-10-32)28-38(53)58-24-23-48-13-4-7-37(48)52/h2-3,5-6,25-26,32-33,36H,4,7-24,27-28H2,1H3,(H,44,55)(H,45,56)/t36-/m1/s1. The van der Waals surface area contributed by atoms with Crippen molar-refractivity contribution in [2.75, 3.05) is 90.5 Å². The summed E-state index contributed by atoms with van der Waals surface area (Å²) in [5.74, 6) is -0.984. The topological polar surface area (TPSA) is 181 Å². The van der Waals surface area contributed by atoms with Gasteiger partial charge in [-0.1, -0.05) is 24.3 Å². The lowest BCUT2D eigenvalue weighted by Crippen LogP contribution is -2.57. The number of anilines is 1. The van der Waals surface area contributed by atoms with Crippen LogP contribution in [0.4, 0.5) is 15.3 Å². The van der Waals surface area contributed by atoms with E-state index in [1.54, 1.807) is 20.8 Å². The number of H-pyrrole nitrogens is 1. The number of urea groups is 1. The van der Waals surface area contributed by atoms with Crippen molar-refractivity contribution in [1.82, 2.24) is 34.4 Å². The Morgan fingerprint density at radius 3 is 2.35 bits per heavy atom. The molecule has 17 heteroatoms. The molecule has 322 valence electrons. The van der Waals surface area contributed by atoms with Crippen molar-refractivity contribution < 1.29 is 37.9 Å². The third-order valence-electron chi connectivity index (χ3n) is 12.9. The molecule has 4 saturated heterocycles. The molecular weight excluding hydrogens is 773 g/mol. The summed E-state index contributed by atoms with van der Waals surface area (Å²) in [6.45, 7) is 8.70. The van der Waals surface area contributed by atoms with Crippen LogP contribution >= 0.6 is 0 Å². The van der Waals surface area contributed by atoms with Crippen molar-refractivity contribution in [2.45, 2.75) is 76.5 Å². The summed E-state index contributed by atoms with van der Waals surface area (Å²) in [5.41, 5.74) is 4.38. The fourth-order valence-electron chi connectivity index (χ4n) is 9.49. The predicted octanol–water partition coefficient (Wildman–Crippen LogP) is 2.81. The normalized spacial score (nSPS) is 20.6. The number of aromatic amines is 1. The van der Waals surface area contributed by atoms with Gasteiger partial charge in [-0.15, -0.1) is 0 Å². The molecule has 5 aliphatic heterocycles. The number of benzene rings is 2. The van der Waals surface area contributed by atoms with Crippen LogP contribution in [0.15, 0.2) is 45.6 Å². The Morgan fingerprint density at radius 1 is 0.850 bits per heavy atom. The van der Waals surface area contributed by atoms with Crippen molar-refractivity contribution in [1.29, 1.82) is 0 Å². The Kier molecular flexibility index (Phi) is 12.7. The van der Waals surface area contributed by atoms with Crippen LogP contribution in [0.1, 0.15) is 55.2 Å². The highest BCUT2D eigenvalue weighted by Crippen LogP contribution is 2.26. The molecule has 2 aromatic carbocycles. The molecule has 3 aromatic rings. The molecule has 0 spiro atoms. The monoisotopic (exact) mass is 828 g/mol. The summed E-state index contributed by atoms with van der Waals surface area (Å²) in [7, 11) is 0. The van der Waals surface area contributed by atoms with Crippen LogP contribution < -0.4 is 11.1 Å². The molecule has 1 atom stereocenters. The van der Waals surface area contributed by atoms with Crippen molar-refractivity contribution in [3.63, 3.8) is 0 Å². The molecule has 60 heavy (non-hydrogen) atoms. The van der Waals surface area contributed by atoms with E-state index in [4.69, 9.17) is 13.9 Å². The average molecular weight is 829 g/mol. The number of piperidine rings is 2. The molecule has 6 heterocycles. The molecule has 0 saturated carbocycles. The van der Waals surface area contributed by atoms with Gasteiger partial charge in [-0.25, -0.2) is 14.4 Å². The van der Waals surface area contributed by atoms with Gasteiger partial charge in [-0.05, 0) is 74.3 Å². The Bertz CT molecular complexity index is 2110. The molecule has 0 radical (unpaired) electrons. The third-order valence-corrected chi connectivity index (χ3v) is 12.9. The molecule has 0 unspecified atom stereocenters. The van der Waals surface area contributed by atoms with Gasteiger partial charge in [0.2, 0.25) is 5.91 Å². The molecule has 4 fully saturated rings. The highest BCUT2D eigenvalue weighted by atomic mass is 16.6. The van der Waals surface area contributed by atoms with E-state index in [9.17, 15) is 28.8 Å². The largest absolute Gasteiger partial charge is 0.463 e. The molecule has 0 bridgehead atoms. The van der Waals surface area contributed by atoms with E-state index in [0.29, 0.717) is 94.3 Å². The van der Waals surface area contributed by atoms with Gasteiger partial charge in [0.1, 0.15) is 6.61 Å². The van der Waals surface area contributed by atoms with Crippen LogP contribution in [0.3, 0.4) is 0 Å². The van der Waals surface area contributed by atoms with Gasteiger partial charge in [0.15, 0.2) is 11.7 Å². The Balaban J connectivity index is 0.842. The van der Waals surface area contributed by atoms with Gasteiger partial charge in [-0.3, -0.25) is 29.2 Å². The number of oxazole rings is 1. The minimum Gasteiger partial charge on any atom is -0.463 e. The molecule has 5 aliphatic rings. The first-order valence-electron chi connectivity index (χ1n) is 21.5. The number of nitrogens with zero attached hydrogens (tertiary/aromatic N) is 6. The number of piperazine rings is 1. The quantitative estimate of drug-likeness (QED) is 0.272. The van der Waals surface area contributed by atoms with E-state index < -0.39 is 18.0 Å². The summed E-state index contributed by atoms with van der Waals surface area (Å²) in [6, 6.07) is 11.6. The lowest BCUT2D eigenvalue weighted by molar-refractivity contribution is -0.147. The second-order valence-corrected chi connectivity index (χ2v) is 16.7. The SMILES string of the molecule is Cc1cc(C[C@@H](OC(=O)N2CCC(N3CCc4ccccc4NC3=O)CC2)C(=O)N2CCN(C3CCN(CC(=O)OCCN4CCCC4=O)CC3)CC2)cc2oc(=O)[nH]c12. The number of aromatic nitrogens is 1. The number of amides is 5. The van der Waals surface area contributed by atoms with Crippen LogP contribution in [0, 0.1) is 6.92 Å². The maximum absolute atomic E-state index is 14.3. The van der Waals surface area contributed by atoms with Gasteiger partial charge in [-0.2, -0.15) is 0 Å². The van der Waals surface area contributed by atoms with Crippen molar-refractivity contribution in [3.05, 3.63) is 63.6 Å². The maximum atomic E-state index is 14.3. The lowest BCUT2D eigenvalue weighted by atomic mass is 10.0.